The highest BCUT2D eigenvalue weighted by Gasteiger charge is 2.28. The van der Waals surface area contributed by atoms with Crippen LogP contribution in [0.2, 0.25) is 0 Å². The van der Waals surface area contributed by atoms with Crippen LogP contribution in [0.15, 0.2) is 9.00 Å². The number of thiazole rings is 1. The van der Waals surface area contributed by atoms with Gasteiger partial charge in [-0.1, -0.05) is 11.3 Å². The lowest BCUT2D eigenvalue weighted by atomic mass is 10.0. The molecule has 0 bridgehead atoms. The summed E-state index contributed by atoms with van der Waals surface area (Å²) in [6.45, 7) is 4.65. The van der Waals surface area contributed by atoms with Gasteiger partial charge in [-0.05, 0) is 20.3 Å². The molecule has 0 spiro atoms. The number of aromatic amines is 1. The van der Waals surface area contributed by atoms with E-state index in [4.69, 9.17) is 4.74 Å². The molecule has 2 rings (SSSR count). The Labute approximate surface area is 109 Å². The van der Waals surface area contributed by atoms with E-state index in [1.54, 1.807) is 6.92 Å². The van der Waals surface area contributed by atoms with Crippen molar-refractivity contribution in [3.8, 4) is 0 Å². The molecule has 1 saturated heterocycles. The quantitative estimate of drug-likeness (QED) is 0.843. The zero-order valence-corrected chi connectivity index (χ0v) is 11.9. The highest BCUT2D eigenvalue weighted by molar-refractivity contribution is 7.91. The number of nitrogens with one attached hydrogen (secondary N) is 2. The molecule has 6 nitrogen and oxygen atoms in total. The van der Waals surface area contributed by atoms with Crippen molar-refractivity contribution in [3.05, 3.63) is 15.4 Å². The van der Waals surface area contributed by atoms with Gasteiger partial charge < -0.3 is 9.72 Å². The van der Waals surface area contributed by atoms with E-state index in [0.717, 1.165) is 6.42 Å². The van der Waals surface area contributed by atoms with Crippen molar-refractivity contribution in [2.24, 2.45) is 5.92 Å². The second kappa shape index (κ2) is 5.12. The maximum atomic E-state index is 12.1. The van der Waals surface area contributed by atoms with Crippen LogP contribution >= 0.6 is 11.3 Å². The Hall–Kier alpha value is -0.700. The zero-order valence-electron chi connectivity index (χ0n) is 10.2. The number of aromatic nitrogens is 1. The Balaban J connectivity index is 2.16. The van der Waals surface area contributed by atoms with Crippen molar-refractivity contribution >= 4 is 21.4 Å². The van der Waals surface area contributed by atoms with Crippen LogP contribution < -0.4 is 9.60 Å². The van der Waals surface area contributed by atoms with Crippen LogP contribution in [-0.4, -0.2) is 32.7 Å². The van der Waals surface area contributed by atoms with Gasteiger partial charge in [-0.25, -0.2) is 13.1 Å². The molecule has 1 aliphatic heterocycles. The fourth-order valence-corrected chi connectivity index (χ4v) is 4.62. The molecule has 1 aliphatic rings. The maximum absolute atomic E-state index is 12.1. The van der Waals surface area contributed by atoms with Gasteiger partial charge in [-0.15, -0.1) is 0 Å². The van der Waals surface area contributed by atoms with Gasteiger partial charge in [0.1, 0.15) is 0 Å². The number of rotatable bonds is 4. The normalized spacial score (nSPS) is 22.2. The van der Waals surface area contributed by atoms with E-state index < -0.39 is 10.0 Å². The molecule has 0 radical (unpaired) electrons. The van der Waals surface area contributed by atoms with Gasteiger partial charge in [0, 0.05) is 24.3 Å². The van der Waals surface area contributed by atoms with Gasteiger partial charge >= 0.3 is 4.87 Å². The SMILES string of the molecule is Cc1[nH]c(=O)sc1S(=O)(=O)NC(C)C1CCOC1. The van der Waals surface area contributed by atoms with Crippen LogP contribution in [0, 0.1) is 12.8 Å². The van der Waals surface area contributed by atoms with Gasteiger partial charge in [0.05, 0.1) is 6.61 Å². The number of sulfonamides is 1. The summed E-state index contributed by atoms with van der Waals surface area (Å²) in [5, 5.41) is 0. The Kier molecular flexibility index (Phi) is 3.90. The van der Waals surface area contributed by atoms with Crippen LogP contribution in [0.1, 0.15) is 19.0 Å². The summed E-state index contributed by atoms with van der Waals surface area (Å²) in [7, 11) is -3.63. The Morgan fingerprint density at radius 2 is 2.28 bits per heavy atom. The van der Waals surface area contributed by atoms with Gasteiger partial charge in [0.2, 0.25) is 0 Å². The molecule has 2 heterocycles. The Morgan fingerprint density at radius 1 is 1.56 bits per heavy atom. The van der Waals surface area contributed by atoms with E-state index in [2.05, 4.69) is 9.71 Å². The first kappa shape index (κ1) is 13.7. The van der Waals surface area contributed by atoms with Gasteiger partial charge in [-0.3, -0.25) is 4.79 Å². The average Bonchev–Trinajstić information content (AvgIpc) is 2.86. The lowest BCUT2D eigenvalue weighted by Gasteiger charge is -2.18. The smallest absolute Gasteiger partial charge is 0.305 e. The van der Waals surface area contributed by atoms with E-state index in [-0.39, 0.29) is 21.0 Å². The maximum Gasteiger partial charge on any atom is 0.305 e. The molecule has 0 saturated carbocycles. The van der Waals surface area contributed by atoms with Crippen LogP contribution in [0.4, 0.5) is 0 Å². The molecule has 18 heavy (non-hydrogen) atoms. The second-order valence-electron chi connectivity index (χ2n) is 4.46. The van der Waals surface area contributed by atoms with Crippen LogP contribution in [0.25, 0.3) is 0 Å². The number of H-pyrrole nitrogens is 1. The van der Waals surface area contributed by atoms with E-state index in [1.165, 1.54) is 0 Å². The minimum Gasteiger partial charge on any atom is -0.381 e. The Bertz CT molecular complexity index is 569. The molecular weight excluding hydrogens is 276 g/mol. The van der Waals surface area contributed by atoms with E-state index >= 15 is 0 Å². The van der Waals surface area contributed by atoms with Crippen LogP contribution in [-0.2, 0) is 14.8 Å². The molecule has 0 aromatic carbocycles. The Morgan fingerprint density at radius 3 is 2.78 bits per heavy atom. The summed E-state index contributed by atoms with van der Waals surface area (Å²) in [6.07, 6.45) is 0.853. The van der Waals surface area contributed by atoms with E-state index in [0.29, 0.717) is 30.2 Å². The number of hydrogen-bond acceptors (Lipinski definition) is 5. The largest absolute Gasteiger partial charge is 0.381 e. The summed E-state index contributed by atoms with van der Waals surface area (Å²) in [4.78, 5) is 13.3. The predicted octanol–water partition coefficient (Wildman–Crippen LogP) is 0.448. The van der Waals surface area contributed by atoms with Gasteiger partial charge in [0.25, 0.3) is 10.0 Å². The first-order valence-electron chi connectivity index (χ1n) is 5.70. The summed E-state index contributed by atoms with van der Waals surface area (Å²) >= 11 is 0.713. The van der Waals surface area contributed by atoms with Crippen molar-refractivity contribution in [3.63, 3.8) is 0 Å². The highest BCUT2D eigenvalue weighted by Crippen LogP contribution is 2.20. The predicted molar refractivity (Wildman–Crippen MR) is 68.4 cm³/mol. The monoisotopic (exact) mass is 292 g/mol. The molecule has 1 fully saturated rings. The third-order valence-electron chi connectivity index (χ3n) is 3.04. The van der Waals surface area contributed by atoms with Crippen LogP contribution in [0.5, 0.6) is 0 Å². The highest BCUT2D eigenvalue weighted by atomic mass is 32.2. The fraction of sp³-hybridized carbons (Fsp3) is 0.700. The molecule has 102 valence electrons. The van der Waals surface area contributed by atoms with Gasteiger partial charge in [-0.2, -0.15) is 0 Å². The first-order valence-corrected chi connectivity index (χ1v) is 8.00. The third-order valence-corrected chi connectivity index (χ3v) is 6.20. The standard InChI is InChI=1S/C10H16N2O4S2/c1-6(8-3-4-16-5-8)12-18(14,15)9-7(2)11-10(13)17-9/h6,8,12H,3-5H2,1-2H3,(H,11,13). The molecule has 8 heteroatoms. The lowest BCUT2D eigenvalue weighted by Crippen LogP contribution is -2.38. The molecule has 1 aromatic heterocycles. The molecule has 1 aromatic rings. The average molecular weight is 292 g/mol. The number of hydrogen-bond donors (Lipinski definition) is 2. The van der Waals surface area contributed by atoms with Crippen molar-refractivity contribution in [1.29, 1.82) is 0 Å². The molecular formula is C10H16N2O4S2. The first-order chi connectivity index (χ1) is 8.40. The minimum absolute atomic E-state index is 0.0678. The van der Waals surface area contributed by atoms with Crippen molar-refractivity contribution < 1.29 is 13.2 Å². The number of aryl methyl sites for hydroxylation is 1. The van der Waals surface area contributed by atoms with E-state index in [1.807, 2.05) is 6.92 Å². The third kappa shape index (κ3) is 2.82. The minimum atomic E-state index is -3.63. The van der Waals surface area contributed by atoms with Gasteiger partial charge in [0.15, 0.2) is 4.21 Å². The fourth-order valence-electron chi connectivity index (χ4n) is 1.99. The molecule has 0 aliphatic carbocycles. The summed E-state index contributed by atoms with van der Waals surface area (Å²) < 4.78 is 32.2. The number of ether oxygens (including phenoxy) is 1. The van der Waals surface area contributed by atoms with Crippen molar-refractivity contribution in [1.82, 2.24) is 9.71 Å². The summed E-state index contributed by atoms with van der Waals surface area (Å²) in [5.41, 5.74) is 0.382. The van der Waals surface area contributed by atoms with Crippen molar-refractivity contribution in [2.75, 3.05) is 13.2 Å². The van der Waals surface area contributed by atoms with Crippen LogP contribution in [0.3, 0.4) is 0 Å². The topological polar surface area (TPSA) is 88.3 Å². The van der Waals surface area contributed by atoms with Crippen molar-refractivity contribution in [2.45, 2.75) is 30.5 Å². The molecule has 0 amide bonds. The van der Waals surface area contributed by atoms with E-state index in [9.17, 15) is 13.2 Å². The summed E-state index contributed by atoms with van der Waals surface area (Å²) in [5.74, 6) is 0.191. The summed E-state index contributed by atoms with van der Waals surface area (Å²) in [6, 6.07) is -0.200. The molecule has 2 N–H and O–H groups in total. The molecule has 2 atom stereocenters. The lowest BCUT2D eigenvalue weighted by molar-refractivity contribution is 0.180. The molecule has 2 unspecified atom stereocenters. The zero-order chi connectivity index (χ0) is 13.3. The second-order valence-corrected chi connectivity index (χ2v) is 7.35.